The van der Waals surface area contributed by atoms with Crippen LogP contribution in [0, 0.1) is 0 Å². The molecule has 1 aromatic rings. The number of benzene rings is 1. The number of aliphatic hydroxyl groups excluding tert-OH is 1. The van der Waals surface area contributed by atoms with Crippen LogP contribution in [0.2, 0.25) is 0 Å². The van der Waals surface area contributed by atoms with E-state index in [0.717, 1.165) is 31.2 Å². The lowest BCUT2D eigenvalue weighted by Crippen LogP contribution is -2.35. The van der Waals surface area contributed by atoms with Gasteiger partial charge in [-0.2, -0.15) is 0 Å². The van der Waals surface area contributed by atoms with Crippen LogP contribution in [0.3, 0.4) is 0 Å². The van der Waals surface area contributed by atoms with Crippen molar-refractivity contribution in [3.63, 3.8) is 0 Å². The average Bonchev–Trinajstić information content (AvgIpc) is 3.17. The summed E-state index contributed by atoms with van der Waals surface area (Å²) in [4.78, 5) is 12.2. The lowest BCUT2D eigenvalue weighted by Gasteiger charge is -2.15. The van der Waals surface area contributed by atoms with Gasteiger partial charge >= 0.3 is 0 Å². The highest BCUT2D eigenvalue weighted by Crippen LogP contribution is 2.48. The van der Waals surface area contributed by atoms with E-state index in [4.69, 9.17) is 5.11 Å². The number of carbonyl (C=O) groups excluding carboxylic acids is 1. The molecule has 1 aromatic carbocycles. The van der Waals surface area contributed by atoms with Crippen LogP contribution in [-0.2, 0) is 10.2 Å². The quantitative estimate of drug-likeness (QED) is 0.755. The van der Waals surface area contributed by atoms with E-state index in [1.54, 1.807) is 6.92 Å². The van der Waals surface area contributed by atoms with E-state index in [-0.39, 0.29) is 17.4 Å². The Bertz CT molecular complexity index is 396. The summed E-state index contributed by atoms with van der Waals surface area (Å²) in [5.41, 5.74) is 0.851. The maximum Gasteiger partial charge on any atom is 0.230 e. The van der Waals surface area contributed by atoms with Gasteiger partial charge in [-0.15, -0.1) is 0 Å². The minimum Gasteiger partial charge on any atom is -0.393 e. The molecule has 1 saturated carbocycles. The molecule has 1 aliphatic rings. The normalized spacial score (nSPS) is 18.1. The van der Waals surface area contributed by atoms with Crippen molar-refractivity contribution >= 4 is 5.91 Å². The maximum absolute atomic E-state index is 12.2. The highest BCUT2D eigenvalue weighted by atomic mass is 16.3. The molecule has 1 aliphatic carbocycles. The van der Waals surface area contributed by atoms with E-state index < -0.39 is 0 Å². The van der Waals surface area contributed by atoms with Gasteiger partial charge in [0.15, 0.2) is 0 Å². The van der Waals surface area contributed by atoms with Gasteiger partial charge in [-0.3, -0.25) is 4.79 Å². The van der Waals surface area contributed by atoms with Crippen molar-refractivity contribution in [2.24, 2.45) is 0 Å². The van der Waals surface area contributed by atoms with Gasteiger partial charge in [0.05, 0.1) is 11.5 Å². The molecule has 0 heterocycles. The van der Waals surface area contributed by atoms with Crippen LogP contribution in [0.4, 0.5) is 0 Å². The zero-order valence-electron chi connectivity index (χ0n) is 10.9. The monoisotopic (exact) mass is 247 g/mol. The van der Waals surface area contributed by atoms with Crippen LogP contribution in [-0.4, -0.2) is 23.7 Å². The summed E-state index contributed by atoms with van der Waals surface area (Å²) in [5, 5.41) is 12.1. The number of rotatable bonds is 6. The third-order valence-electron chi connectivity index (χ3n) is 3.60. The summed E-state index contributed by atoms with van der Waals surface area (Å²) < 4.78 is 0. The molecule has 98 valence electrons. The van der Waals surface area contributed by atoms with Crippen molar-refractivity contribution < 1.29 is 9.90 Å². The fourth-order valence-electron chi connectivity index (χ4n) is 2.30. The van der Waals surface area contributed by atoms with Gasteiger partial charge in [0.1, 0.15) is 0 Å². The minimum atomic E-state index is -0.286. The minimum absolute atomic E-state index is 0.138. The molecule has 3 nitrogen and oxygen atoms in total. The van der Waals surface area contributed by atoms with Gasteiger partial charge in [0, 0.05) is 6.54 Å². The van der Waals surface area contributed by atoms with E-state index in [9.17, 15) is 4.79 Å². The number of carbonyl (C=O) groups is 1. The molecule has 0 aromatic heterocycles. The molecule has 2 N–H and O–H groups in total. The molecule has 0 saturated heterocycles. The van der Waals surface area contributed by atoms with Crippen molar-refractivity contribution in [2.45, 2.75) is 44.1 Å². The highest BCUT2D eigenvalue weighted by molar-refractivity contribution is 5.91. The Balaban J connectivity index is 1.86. The first-order chi connectivity index (χ1) is 8.65. The summed E-state index contributed by atoms with van der Waals surface area (Å²) in [6, 6.07) is 10.00. The largest absolute Gasteiger partial charge is 0.393 e. The summed E-state index contributed by atoms with van der Waals surface area (Å²) in [5.74, 6) is 0.138. The molecule has 0 radical (unpaired) electrons. The lowest BCUT2D eigenvalue weighted by atomic mass is 9.95. The average molecular weight is 247 g/mol. The zero-order valence-corrected chi connectivity index (χ0v) is 10.9. The van der Waals surface area contributed by atoms with Crippen LogP contribution in [0.1, 0.15) is 38.2 Å². The van der Waals surface area contributed by atoms with Crippen molar-refractivity contribution in [1.82, 2.24) is 5.32 Å². The van der Waals surface area contributed by atoms with Gasteiger partial charge in [-0.1, -0.05) is 30.3 Å². The molecule has 1 fully saturated rings. The van der Waals surface area contributed by atoms with Crippen molar-refractivity contribution in [2.75, 3.05) is 6.54 Å². The topological polar surface area (TPSA) is 49.3 Å². The standard InChI is InChI=1S/C15H21NO2/c1-12(17)6-5-11-16-14(18)15(9-10-15)13-7-3-2-4-8-13/h2-4,7-8,12,17H,5-6,9-11H2,1H3,(H,16,18). The van der Waals surface area contributed by atoms with Gasteiger partial charge < -0.3 is 10.4 Å². The molecule has 3 heteroatoms. The molecule has 0 spiro atoms. The fourth-order valence-corrected chi connectivity index (χ4v) is 2.30. The third kappa shape index (κ3) is 2.91. The van der Waals surface area contributed by atoms with E-state index in [1.165, 1.54) is 0 Å². The Morgan fingerprint density at radius 1 is 1.39 bits per heavy atom. The number of hydrogen-bond donors (Lipinski definition) is 2. The molecule has 18 heavy (non-hydrogen) atoms. The predicted octanol–water partition coefficient (Wildman–Crippen LogP) is 2.00. The summed E-state index contributed by atoms with van der Waals surface area (Å²) in [6.07, 6.45) is 3.16. The molecule has 0 aliphatic heterocycles. The van der Waals surface area contributed by atoms with Crippen molar-refractivity contribution in [3.8, 4) is 0 Å². The van der Waals surface area contributed by atoms with E-state index in [1.807, 2.05) is 30.3 Å². The van der Waals surface area contributed by atoms with Crippen LogP contribution >= 0.6 is 0 Å². The third-order valence-corrected chi connectivity index (χ3v) is 3.60. The second-order valence-corrected chi connectivity index (χ2v) is 5.20. The Morgan fingerprint density at radius 2 is 2.06 bits per heavy atom. The molecule has 1 unspecified atom stereocenters. The van der Waals surface area contributed by atoms with Crippen LogP contribution in [0.25, 0.3) is 0 Å². The highest BCUT2D eigenvalue weighted by Gasteiger charge is 2.50. The molecule has 0 bridgehead atoms. The fraction of sp³-hybridized carbons (Fsp3) is 0.533. The SMILES string of the molecule is CC(O)CCCNC(=O)C1(c2ccccc2)CC1. The molecular formula is C15H21NO2. The molecular weight excluding hydrogens is 226 g/mol. The van der Waals surface area contributed by atoms with Crippen molar-refractivity contribution in [3.05, 3.63) is 35.9 Å². The van der Waals surface area contributed by atoms with E-state index >= 15 is 0 Å². The van der Waals surface area contributed by atoms with Crippen molar-refractivity contribution in [1.29, 1.82) is 0 Å². The Kier molecular flexibility index (Phi) is 4.02. The number of hydrogen-bond acceptors (Lipinski definition) is 2. The van der Waals surface area contributed by atoms with Gasteiger partial charge in [0.25, 0.3) is 0 Å². The smallest absolute Gasteiger partial charge is 0.230 e. The lowest BCUT2D eigenvalue weighted by molar-refractivity contribution is -0.123. The first kappa shape index (κ1) is 13.1. The van der Waals surface area contributed by atoms with Crippen LogP contribution in [0.15, 0.2) is 30.3 Å². The summed E-state index contributed by atoms with van der Waals surface area (Å²) >= 11 is 0. The summed E-state index contributed by atoms with van der Waals surface area (Å²) in [7, 11) is 0. The zero-order chi connectivity index (χ0) is 13.0. The van der Waals surface area contributed by atoms with E-state index in [0.29, 0.717) is 6.54 Å². The molecule has 2 rings (SSSR count). The molecule has 1 atom stereocenters. The first-order valence-electron chi connectivity index (χ1n) is 6.67. The first-order valence-corrected chi connectivity index (χ1v) is 6.67. The Morgan fingerprint density at radius 3 is 2.61 bits per heavy atom. The number of nitrogens with one attached hydrogen (secondary N) is 1. The summed E-state index contributed by atoms with van der Waals surface area (Å²) in [6.45, 7) is 2.42. The second kappa shape index (κ2) is 5.53. The van der Waals surface area contributed by atoms with Gasteiger partial charge in [-0.05, 0) is 38.2 Å². The Hall–Kier alpha value is -1.35. The van der Waals surface area contributed by atoms with Gasteiger partial charge in [-0.25, -0.2) is 0 Å². The molecule has 1 amide bonds. The van der Waals surface area contributed by atoms with Crippen LogP contribution < -0.4 is 5.32 Å². The van der Waals surface area contributed by atoms with Gasteiger partial charge in [0.2, 0.25) is 5.91 Å². The Labute approximate surface area is 108 Å². The number of amides is 1. The predicted molar refractivity (Wildman–Crippen MR) is 71.3 cm³/mol. The van der Waals surface area contributed by atoms with Crippen LogP contribution in [0.5, 0.6) is 0 Å². The van der Waals surface area contributed by atoms with E-state index in [2.05, 4.69) is 5.32 Å². The maximum atomic E-state index is 12.2. The second-order valence-electron chi connectivity index (χ2n) is 5.20. The number of aliphatic hydroxyl groups is 1.